The Kier molecular flexibility index (Phi) is 7.77. The average molecular weight is 547 g/mol. The number of hydrogen-bond acceptors (Lipinski definition) is 10. The van der Waals surface area contributed by atoms with E-state index in [4.69, 9.17) is 47.7 Å². The van der Waals surface area contributed by atoms with Crippen molar-refractivity contribution >= 4 is 47.2 Å². The summed E-state index contributed by atoms with van der Waals surface area (Å²) in [6.07, 6.45) is -3.18. The highest BCUT2D eigenvalue weighted by atomic mass is 35.5. The summed E-state index contributed by atoms with van der Waals surface area (Å²) in [6, 6.07) is 8.90. The van der Waals surface area contributed by atoms with Crippen molar-refractivity contribution in [1.82, 2.24) is 24.6 Å². The molecule has 5 atom stereocenters. The largest absolute Gasteiger partial charge is 0.476 e. The lowest BCUT2D eigenvalue weighted by molar-refractivity contribution is -0.0439. The fraction of sp³-hybridized carbons (Fsp3) is 0.450. The number of imidazole rings is 1. The van der Waals surface area contributed by atoms with Crippen LogP contribution in [-0.4, -0.2) is 61.7 Å². The van der Waals surface area contributed by atoms with Crippen LogP contribution in [0.1, 0.15) is 20.1 Å². The Balaban J connectivity index is 1.56. The van der Waals surface area contributed by atoms with E-state index in [1.165, 1.54) is 10.9 Å². The van der Waals surface area contributed by atoms with Gasteiger partial charge in [-0.2, -0.15) is 9.97 Å². The molecule has 0 bridgehead atoms. The first kappa shape index (κ1) is 26.0. The van der Waals surface area contributed by atoms with Crippen LogP contribution in [0.25, 0.3) is 11.2 Å². The standard InChI is InChI=1S/C20H25ClFN6O5PS/c1-3-25-34(35,33-12-8-6-5-7-9-12)31-10-13-15(29)20(21,22)18(32-13)28-11-24-14-16(28)26-19(23)27-17(14)30-4-2/h5-9,11,13,15,18,29H,3-4,10H2,1-2H3,(H,25,35)(H2,23,26,27). The van der Waals surface area contributed by atoms with Crippen molar-refractivity contribution in [3.63, 3.8) is 0 Å². The number of aromatic nitrogens is 4. The normalized spacial score (nSPS) is 26.0. The van der Waals surface area contributed by atoms with Gasteiger partial charge in [-0.05, 0) is 30.9 Å². The zero-order chi connectivity index (χ0) is 25.2. The molecule has 4 N–H and O–H groups in total. The Morgan fingerprint density at radius 2 is 2.09 bits per heavy atom. The summed E-state index contributed by atoms with van der Waals surface area (Å²) in [5, 5.41) is 10.9. The van der Waals surface area contributed by atoms with Crippen LogP contribution in [-0.2, 0) is 21.1 Å². The molecule has 0 amide bonds. The van der Waals surface area contributed by atoms with Gasteiger partial charge >= 0.3 is 6.64 Å². The van der Waals surface area contributed by atoms with E-state index in [0.717, 1.165) is 0 Å². The first-order chi connectivity index (χ1) is 16.7. The minimum absolute atomic E-state index is 0.107. The van der Waals surface area contributed by atoms with E-state index in [9.17, 15) is 5.11 Å². The van der Waals surface area contributed by atoms with Crippen LogP contribution in [0.15, 0.2) is 36.7 Å². The Morgan fingerprint density at radius 3 is 2.77 bits per heavy atom. The molecule has 3 heterocycles. The van der Waals surface area contributed by atoms with Gasteiger partial charge in [0, 0.05) is 6.54 Å². The molecule has 0 aliphatic carbocycles. The van der Waals surface area contributed by atoms with Gasteiger partial charge in [-0.25, -0.2) is 14.5 Å². The van der Waals surface area contributed by atoms with E-state index in [0.29, 0.717) is 18.9 Å². The predicted molar refractivity (Wildman–Crippen MR) is 131 cm³/mol. The number of alkyl halides is 2. The van der Waals surface area contributed by atoms with E-state index in [2.05, 4.69) is 20.0 Å². The van der Waals surface area contributed by atoms with Gasteiger partial charge in [0.1, 0.15) is 18.0 Å². The van der Waals surface area contributed by atoms with Gasteiger partial charge in [0.25, 0.3) is 5.13 Å². The van der Waals surface area contributed by atoms with E-state index in [-0.39, 0.29) is 29.6 Å². The second-order valence-electron chi connectivity index (χ2n) is 7.50. The fourth-order valence-electron chi connectivity index (χ4n) is 3.51. The number of nitrogens with one attached hydrogen (secondary N) is 1. The van der Waals surface area contributed by atoms with Crippen molar-refractivity contribution in [3.05, 3.63) is 36.7 Å². The second-order valence-corrected chi connectivity index (χ2v) is 11.3. The van der Waals surface area contributed by atoms with Gasteiger partial charge < -0.3 is 29.4 Å². The molecule has 5 unspecified atom stereocenters. The minimum Gasteiger partial charge on any atom is -0.476 e. The van der Waals surface area contributed by atoms with Gasteiger partial charge in [0.05, 0.1) is 19.5 Å². The van der Waals surface area contributed by atoms with Crippen molar-refractivity contribution in [2.45, 2.75) is 37.4 Å². The van der Waals surface area contributed by atoms with Crippen LogP contribution in [0, 0.1) is 0 Å². The summed E-state index contributed by atoms with van der Waals surface area (Å²) in [6.45, 7) is 1.05. The topological polar surface area (TPSA) is 139 Å². The second kappa shape index (κ2) is 10.5. The monoisotopic (exact) mass is 546 g/mol. The van der Waals surface area contributed by atoms with Crippen molar-refractivity contribution in [2.75, 3.05) is 25.5 Å². The number of hydrogen-bond donors (Lipinski definition) is 3. The molecule has 0 saturated carbocycles. The SMILES string of the molecule is CCNP(=S)(OCC1OC(n2cnc3c(OCC)nc(N)nc32)C(F)(Cl)C1O)Oc1ccccc1. The van der Waals surface area contributed by atoms with Crippen LogP contribution in [0.3, 0.4) is 0 Å². The van der Waals surface area contributed by atoms with Gasteiger partial charge in [0.2, 0.25) is 11.8 Å². The van der Waals surface area contributed by atoms with Crippen LogP contribution in [0.5, 0.6) is 11.6 Å². The van der Waals surface area contributed by atoms with Crippen molar-refractivity contribution < 1.29 is 28.0 Å². The van der Waals surface area contributed by atoms with Gasteiger partial charge in [-0.1, -0.05) is 36.7 Å². The van der Waals surface area contributed by atoms with Crippen LogP contribution >= 0.6 is 18.2 Å². The summed E-state index contributed by atoms with van der Waals surface area (Å²) in [5.41, 5.74) is 6.16. The lowest BCUT2D eigenvalue weighted by Gasteiger charge is -2.25. The lowest BCUT2D eigenvalue weighted by atomic mass is 10.1. The number of aliphatic hydroxyl groups excluding tert-OH is 1. The fourth-order valence-corrected chi connectivity index (χ4v) is 5.97. The molecule has 11 nitrogen and oxygen atoms in total. The first-order valence-electron chi connectivity index (χ1n) is 10.8. The third kappa shape index (κ3) is 5.36. The number of aliphatic hydroxyl groups is 1. The molecule has 1 fully saturated rings. The summed E-state index contributed by atoms with van der Waals surface area (Å²) >= 11 is 11.7. The molecule has 4 rings (SSSR count). The van der Waals surface area contributed by atoms with E-state index in [1.807, 2.05) is 13.0 Å². The summed E-state index contributed by atoms with van der Waals surface area (Å²) in [5.74, 6) is 0.534. The Labute approximate surface area is 210 Å². The maximum Gasteiger partial charge on any atom is 0.312 e. The molecule has 3 aromatic rings. The van der Waals surface area contributed by atoms with Crippen molar-refractivity contribution in [2.24, 2.45) is 0 Å². The highest BCUT2D eigenvalue weighted by Crippen LogP contribution is 2.49. The Bertz CT molecular complexity index is 1220. The molecule has 1 aromatic carbocycles. The number of ether oxygens (including phenoxy) is 2. The number of para-hydroxylation sites is 1. The molecular weight excluding hydrogens is 522 g/mol. The summed E-state index contributed by atoms with van der Waals surface area (Å²) in [4.78, 5) is 12.3. The Hall–Kier alpha value is -2.12. The molecule has 15 heteroatoms. The third-order valence-electron chi connectivity index (χ3n) is 5.05. The van der Waals surface area contributed by atoms with Crippen LogP contribution in [0.4, 0.5) is 10.3 Å². The zero-order valence-corrected chi connectivity index (χ0v) is 21.3. The first-order valence-corrected chi connectivity index (χ1v) is 13.8. The van der Waals surface area contributed by atoms with Crippen molar-refractivity contribution in [3.8, 4) is 11.6 Å². The molecule has 1 aliphatic heterocycles. The maximum absolute atomic E-state index is 15.6. The highest BCUT2D eigenvalue weighted by Gasteiger charge is 2.58. The van der Waals surface area contributed by atoms with E-state index >= 15 is 4.39 Å². The number of nitrogen functional groups attached to an aromatic ring is 1. The van der Waals surface area contributed by atoms with Crippen LogP contribution in [0.2, 0.25) is 0 Å². The van der Waals surface area contributed by atoms with Crippen LogP contribution < -0.4 is 20.1 Å². The van der Waals surface area contributed by atoms with Gasteiger partial charge in [-0.3, -0.25) is 4.57 Å². The lowest BCUT2D eigenvalue weighted by Crippen LogP contribution is -2.39. The number of anilines is 1. The number of fused-ring (bicyclic) bond motifs is 1. The molecular formula is C20H25ClFN6O5PS. The van der Waals surface area contributed by atoms with Crippen molar-refractivity contribution in [1.29, 1.82) is 0 Å². The van der Waals surface area contributed by atoms with Gasteiger partial charge in [0.15, 0.2) is 17.4 Å². The number of rotatable bonds is 10. The molecule has 0 spiro atoms. The average Bonchev–Trinajstić information content (AvgIpc) is 3.32. The maximum atomic E-state index is 15.6. The van der Waals surface area contributed by atoms with Gasteiger partial charge in [-0.15, -0.1) is 0 Å². The summed E-state index contributed by atoms with van der Waals surface area (Å²) < 4.78 is 39.8. The molecule has 2 aromatic heterocycles. The van der Waals surface area contributed by atoms with E-state index in [1.54, 1.807) is 31.2 Å². The quantitative estimate of drug-likeness (QED) is 0.255. The third-order valence-corrected chi connectivity index (χ3v) is 8.03. The molecule has 0 radical (unpaired) electrons. The number of halogens is 2. The highest BCUT2D eigenvalue weighted by molar-refractivity contribution is 8.09. The molecule has 190 valence electrons. The predicted octanol–water partition coefficient (Wildman–Crippen LogP) is 2.90. The number of nitrogens with two attached hydrogens (primary N) is 1. The molecule has 1 aliphatic rings. The molecule has 35 heavy (non-hydrogen) atoms. The zero-order valence-electron chi connectivity index (χ0n) is 18.9. The smallest absolute Gasteiger partial charge is 0.312 e. The van der Waals surface area contributed by atoms with E-state index < -0.39 is 30.2 Å². The minimum atomic E-state index is -3.05. The summed E-state index contributed by atoms with van der Waals surface area (Å²) in [7, 11) is 0. The molecule has 1 saturated heterocycles. The Morgan fingerprint density at radius 1 is 1.34 bits per heavy atom. The number of nitrogens with zero attached hydrogens (tertiary/aromatic N) is 4. The number of benzene rings is 1.